The van der Waals surface area contributed by atoms with Crippen LogP contribution in [0.15, 0.2) is 18.2 Å². The molecular formula is C6H3F2Ti. The van der Waals surface area contributed by atoms with Gasteiger partial charge in [0.15, 0.2) is 0 Å². The maximum atomic E-state index is 11.9. The molecule has 9 heavy (non-hydrogen) atoms. The van der Waals surface area contributed by atoms with E-state index in [-0.39, 0.29) is 21.7 Å². The molecule has 3 heteroatoms. The summed E-state index contributed by atoms with van der Waals surface area (Å²) >= 11 is 0. The molecule has 0 nitrogen and oxygen atoms in total. The first-order valence-corrected chi connectivity index (χ1v) is 2.12. The van der Waals surface area contributed by atoms with E-state index in [1.165, 1.54) is 6.07 Å². The predicted octanol–water partition coefficient (Wildman–Crippen LogP) is 1.76. The fraction of sp³-hybridized carbons (Fsp3) is 0. The van der Waals surface area contributed by atoms with Gasteiger partial charge in [0.05, 0.1) is 0 Å². The van der Waals surface area contributed by atoms with Gasteiger partial charge in [0.1, 0.15) is 11.6 Å². The molecule has 1 aromatic carbocycles. The van der Waals surface area contributed by atoms with Gasteiger partial charge < -0.3 is 0 Å². The molecule has 1 radical (unpaired) electrons. The van der Waals surface area contributed by atoms with E-state index in [4.69, 9.17) is 0 Å². The topological polar surface area (TPSA) is 0 Å². The van der Waals surface area contributed by atoms with Gasteiger partial charge in [0, 0.05) is 33.9 Å². The van der Waals surface area contributed by atoms with Gasteiger partial charge in [-0.1, -0.05) is 0 Å². The third-order valence-corrected chi connectivity index (χ3v) is 0.728. The second-order valence-electron chi connectivity index (χ2n) is 1.35. The molecule has 1 aromatic rings. The van der Waals surface area contributed by atoms with Crippen LogP contribution in [-0.4, -0.2) is 0 Å². The average molecular weight is 161 g/mol. The van der Waals surface area contributed by atoms with Crippen LogP contribution in [0.25, 0.3) is 0 Å². The third kappa shape index (κ3) is 2.73. The Morgan fingerprint density at radius 2 is 2.00 bits per heavy atom. The zero-order chi connectivity index (χ0) is 5.98. The van der Waals surface area contributed by atoms with Gasteiger partial charge in [-0.05, 0) is 12.1 Å². The first kappa shape index (κ1) is 8.79. The Hall–Kier alpha value is -0.206. The van der Waals surface area contributed by atoms with E-state index in [1.807, 2.05) is 0 Å². The molecule has 0 N–H and O–H groups in total. The summed E-state index contributed by atoms with van der Waals surface area (Å²) in [5.41, 5.74) is 0. The van der Waals surface area contributed by atoms with E-state index in [2.05, 4.69) is 6.07 Å². The van der Waals surface area contributed by atoms with Crippen LogP contribution >= 0.6 is 0 Å². The average Bonchev–Trinajstić information content (AvgIpc) is 1.64. The van der Waals surface area contributed by atoms with E-state index in [9.17, 15) is 8.78 Å². The number of benzene rings is 1. The molecule has 0 aromatic heterocycles. The fourth-order valence-corrected chi connectivity index (χ4v) is 0.412. The summed E-state index contributed by atoms with van der Waals surface area (Å²) in [6.45, 7) is 0. The van der Waals surface area contributed by atoms with Crippen LogP contribution in [0.2, 0.25) is 0 Å². The van der Waals surface area contributed by atoms with Gasteiger partial charge in [0.2, 0.25) is 0 Å². The monoisotopic (exact) mass is 161 g/mol. The number of halogens is 2. The van der Waals surface area contributed by atoms with Gasteiger partial charge >= 0.3 is 0 Å². The van der Waals surface area contributed by atoms with Crippen LogP contribution < -0.4 is 0 Å². The maximum absolute atomic E-state index is 11.9. The molecule has 0 saturated heterocycles. The summed E-state index contributed by atoms with van der Waals surface area (Å²) in [5, 5.41) is 0. The molecule has 0 spiro atoms. The molecule has 0 atom stereocenters. The smallest absolute Gasteiger partial charge is 0.134 e. The van der Waals surface area contributed by atoms with Crippen molar-refractivity contribution in [3.8, 4) is 0 Å². The summed E-state index contributed by atoms with van der Waals surface area (Å²) in [6, 6.07) is 5.28. The number of rotatable bonds is 0. The first-order chi connectivity index (χ1) is 3.79. The van der Waals surface area contributed by atoms with Crippen molar-refractivity contribution in [3.05, 3.63) is 35.9 Å². The van der Waals surface area contributed by atoms with Crippen molar-refractivity contribution >= 4 is 0 Å². The summed E-state index contributed by atoms with van der Waals surface area (Å²) in [5.74, 6) is -1.23. The van der Waals surface area contributed by atoms with Crippen molar-refractivity contribution in [2.45, 2.75) is 0 Å². The van der Waals surface area contributed by atoms with Crippen LogP contribution in [0.4, 0.5) is 8.78 Å². The van der Waals surface area contributed by atoms with Crippen LogP contribution in [-0.2, 0) is 21.7 Å². The molecule has 0 bridgehead atoms. The first-order valence-electron chi connectivity index (χ1n) is 2.12. The van der Waals surface area contributed by atoms with Crippen molar-refractivity contribution in [2.24, 2.45) is 0 Å². The predicted molar refractivity (Wildman–Crippen MR) is 25.2 cm³/mol. The van der Waals surface area contributed by atoms with Crippen LogP contribution in [0.5, 0.6) is 0 Å². The Kier molecular flexibility index (Phi) is 3.67. The number of hydrogen-bond acceptors (Lipinski definition) is 0. The molecule has 1 rings (SSSR count). The summed E-state index contributed by atoms with van der Waals surface area (Å²) in [7, 11) is 0. The Labute approximate surface area is 66.8 Å². The van der Waals surface area contributed by atoms with Gasteiger partial charge in [-0.2, -0.15) is 0 Å². The van der Waals surface area contributed by atoms with Gasteiger partial charge in [-0.3, -0.25) is 0 Å². The normalized spacial score (nSPS) is 8.22. The fourth-order valence-electron chi connectivity index (χ4n) is 0.412. The standard InChI is InChI=1S/C6H3F2.Ti/c7-5-2-1-3-6(8)4-5;/h1-2,4H;. The Morgan fingerprint density at radius 3 is 2.33 bits per heavy atom. The summed E-state index contributed by atoms with van der Waals surface area (Å²) in [6.07, 6.45) is 0. The van der Waals surface area contributed by atoms with Crippen molar-refractivity contribution < 1.29 is 30.5 Å². The SMILES string of the molecule is Fc1[c]ccc(F)c1.[Ti]. The third-order valence-electron chi connectivity index (χ3n) is 0.728. The molecule has 0 amide bonds. The van der Waals surface area contributed by atoms with Crippen molar-refractivity contribution in [3.63, 3.8) is 0 Å². The van der Waals surface area contributed by atoms with E-state index in [0.29, 0.717) is 0 Å². The van der Waals surface area contributed by atoms with E-state index in [1.54, 1.807) is 0 Å². The molecule has 0 aliphatic carbocycles. The Morgan fingerprint density at radius 1 is 1.33 bits per heavy atom. The van der Waals surface area contributed by atoms with Gasteiger partial charge in [-0.25, -0.2) is 8.78 Å². The van der Waals surface area contributed by atoms with Crippen molar-refractivity contribution in [2.75, 3.05) is 0 Å². The largest absolute Gasteiger partial charge is 0.207 e. The Bertz CT molecular complexity index is 171. The van der Waals surface area contributed by atoms with Crippen LogP contribution in [0.1, 0.15) is 0 Å². The maximum Gasteiger partial charge on any atom is 0.134 e. The zero-order valence-electron chi connectivity index (χ0n) is 4.49. The zero-order valence-corrected chi connectivity index (χ0v) is 6.05. The van der Waals surface area contributed by atoms with Crippen LogP contribution in [0.3, 0.4) is 0 Å². The van der Waals surface area contributed by atoms with Crippen LogP contribution in [0, 0.1) is 17.7 Å². The molecule has 0 saturated carbocycles. The second-order valence-corrected chi connectivity index (χ2v) is 1.35. The van der Waals surface area contributed by atoms with Gasteiger partial charge in [-0.15, -0.1) is 0 Å². The minimum absolute atomic E-state index is 0. The summed E-state index contributed by atoms with van der Waals surface area (Å²) in [4.78, 5) is 0. The van der Waals surface area contributed by atoms with Crippen molar-refractivity contribution in [1.29, 1.82) is 0 Å². The van der Waals surface area contributed by atoms with E-state index < -0.39 is 11.6 Å². The molecule has 45 valence electrons. The quantitative estimate of drug-likeness (QED) is 0.508. The molecule has 0 unspecified atom stereocenters. The number of hydrogen-bond donors (Lipinski definition) is 0. The van der Waals surface area contributed by atoms with Crippen molar-refractivity contribution in [1.82, 2.24) is 0 Å². The Balaban J connectivity index is 0.000000640. The van der Waals surface area contributed by atoms with Gasteiger partial charge in [0.25, 0.3) is 0 Å². The molecular weight excluding hydrogens is 158 g/mol. The van der Waals surface area contributed by atoms with E-state index >= 15 is 0 Å². The molecule has 0 heterocycles. The minimum atomic E-state index is -0.662. The summed E-state index contributed by atoms with van der Waals surface area (Å²) < 4.78 is 23.8. The molecule has 0 fully saturated rings. The second kappa shape index (κ2) is 3.75. The molecule has 0 aliphatic rings. The minimum Gasteiger partial charge on any atom is -0.207 e. The van der Waals surface area contributed by atoms with E-state index in [0.717, 1.165) is 12.1 Å². The molecule has 0 aliphatic heterocycles.